The molecule has 3 rings (SSSR count). The lowest BCUT2D eigenvalue weighted by Gasteiger charge is -2.10. The fourth-order valence-corrected chi connectivity index (χ4v) is 2.78. The van der Waals surface area contributed by atoms with Crippen LogP contribution in [0.3, 0.4) is 0 Å². The summed E-state index contributed by atoms with van der Waals surface area (Å²) >= 11 is 0. The molecule has 0 aliphatic heterocycles. The number of rotatable bonds is 10. The van der Waals surface area contributed by atoms with Gasteiger partial charge in [-0.05, 0) is 61.0 Å². The molecule has 6 heteroatoms. The molecule has 0 heterocycles. The van der Waals surface area contributed by atoms with Crippen molar-refractivity contribution in [3.63, 3.8) is 0 Å². The van der Waals surface area contributed by atoms with Crippen LogP contribution in [0.5, 0.6) is 11.5 Å². The predicted octanol–water partition coefficient (Wildman–Crippen LogP) is 5.14. The lowest BCUT2D eigenvalue weighted by atomic mass is 10.2. The fraction of sp³-hybridized carbons (Fsp3) is 0.200. The van der Waals surface area contributed by atoms with E-state index >= 15 is 0 Å². The van der Waals surface area contributed by atoms with Gasteiger partial charge in [0.25, 0.3) is 11.8 Å². The van der Waals surface area contributed by atoms with Crippen LogP contribution < -0.4 is 20.1 Å². The summed E-state index contributed by atoms with van der Waals surface area (Å²) in [5.74, 6) is 0.842. The van der Waals surface area contributed by atoms with Crippen molar-refractivity contribution in [1.29, 1.82) is 0 Å². The van der Waals surface area contributed by atoms with E-state index < -0.39 is 0 Å². The molecule has 0 aromatic heterocycles. The Hall–Kier alpha value is -3.80. The molecule has 0 aliphatic rings. The van der Waals surface area contributed by atoms with Gasteiger partial charge in [0.2, 0.25) is 0 Å². The quantitative estimate of drug-likeness (QED) is 0.447. The minimum absolute atomic E-state index is 0.104. The van der Waals surface area contributed by atoms with Crippen molar-refractivity contribution in [1.82, 2.24) is 0 Å². The van der Waals surface area contributed by atoms with Crippen LogP contribution in [0.4, 0.5) is 11.4 Å². The van der Waals surface area contributed by atoms with Crippen molar-refractivity contribution in [2.24, 2.45) is 0 Å². The number of carbonyl (C=O) groups excluding carboxylic acids is 2. The van der Waals surface area contributed by atoms with Gasteiger partial charge in [-0.25, -0.2) is 0 Å². The number of benzene rings is 3. The molecule has 0 unspecified atom stereocenters. The first-order chi connectivity index (χ1) is 15.1. The molecule has 3 aromatic carbocycles. The first-order valence-electron chi connectivity index (χ1n) is 10.3. The van der Waals surface area contributed by atoms with Gasteiger partial charge < -0.3 is 20.1 Å². The average molecular weight is 418 g/mol. The summed E-state index contributed by atoms with van der Waals surface area (Å²) in [6, 6.07) is 23.1. The van der Waals surface area contributed by atoms with E-state index in [9.17, 15) is 9.59 Å². The number of unbranched alkanes of at least 4 members (excludes halogenated alkanes) is 1. The molecule has 0 radical (unpaired) electrons. The summed E-state index contributed by atoms with van der Waals surface area (Å²) in [5, 5.41) is 5.60. The van der Waals surface area contributed by atoms with E-state index in [0.717, 1.165) is 18.6 Å². The Bertz CT molecular complexity index is 988. The summed E-state index contributed by atoms with van der Waals surface area (Å²) in [5.41, 5.74) is 1.67. The molecule has 0 atom stereocenters. The van der Waals surface area contributed by atoms with Crippen LogP contribution in [0.25, 0.3) is 0 Å². The molecule has 2 N–H and O–H groups in total. The van der Waals surface area contributed by atoms with Crippen LogP contribution in [0.1, 0.15) is 30.1 Å². The topological polar surface area (TPSA) is 76.7 Å². The molecular formula is C25H26N2O4. The highest BCUT2D eigenvalue weighted by Gasteiger charge is 2.08. The van der Waals surface area contributed by atoms with Gasteiger partial charge in [-0.3, -0.25) is 9.59 Å². The largest absolute Gasteiger partial charge is 0.494 e. The van der Waals surface area contributed by atoms with Crippen molar-refractivity contribution in [3.05, 3.63) is 84.4 Å². The standard InChI is InChI=1S/C25H26N2O4/c1-2-3-16-30-23-14-12-19(13-15-23)25(29)27-21-9-7-8-20(17-21)26-24(28)18-31-22-10-5-4-6-11-22/h4-15,17H,2-3,16,18H2,1H3,(H,26,28)(H,27,29). The number of para-hydroxylation sites is 1. The summed E-state index contributed by atoms with van der Waals surface area (Å²) in [7, 11) is 0. The lowest BCUT2D eigenvalue weighted by Crippen LogP contribution is -2.20. The average Bonchev–Trinajstić information content (AvgIpc) is 2.79. The highest BCUT2D eigenvalue weighted by atomic mass is 16.5. The predicted molar refractivity (Wildman–Crippen MR) is 122 cm³/mol. The van der Waals surface area contributed by atoms with Gasteiger partial charge in [0.05, 0.1) is 6.61 Å². The van der Waals surface area contributed by atoms with Gasteiger partial charge in [0.1, 0.15) is 11.5 Å². The number of nitrogens with one attached hydrogen (secondary N) is 2. The molecule has 0 spiro atoms. The Morgan fingerprint density at radius 3 is 2.16 bits per heavy atom. The van der Waals surface area contributed by atoms with Crippen LogP contribution in [0.2, 0.25) is 0 Å². The number of ether oxygens (including phenoxy) is 2. The Kier molecular flexibility index (Phi) is 8.05. The molecule has 0 fully saturated rings. The van der Waals surface area contributed by atoms with Crippen LogP contribution in [0.15, 0.2) is 78.9 Å². The third-order valence-electron chi connectivity index (χ3n) is 4.40. The van der Waals surface area contributed by atoms with Crippen LogP contribution in [0, 0.1) is 0 Å². The second-order valence-corrected chi connectivity index (χ2v) is 6.91. The van der Waals surface area contributed by atoms with Gasteiger partial charge in [0, 0.05) is 16.9 Å². The van der Waals surface area contributed by atoms with Gasteiger partial charge in [-0.1, -0.05) is 37.6 Å². The Morgan fingerprint density at radius 1 is 0.774 bits per heavy atom. The van der Waals surface area contributed by atoms with Gasteiger partial charge >= 0.3 is 0 Å². The number of anilines is 2. The molecule has 6 nitrogen and oxygen atoms in total. The van der Waals surface area contributed by atoms with E-state index in [4.69, 9.17) is 9.47 Å². The zero-order chi connectivity index (χ0) is 21.9. The maximum atomic E-state index is 12.5. The molecule has 0 bridgehead atoms. The summed E-state index contributed by atoms with van der Waals surface area (Å²) < 4.78 is 11.1. The lowest BCUT2D eigenvalue weighted by molar-refractivity contribution is -0.118. The van der Waals surface area contributed by atoms with Gasteiger partial charge in [0.15, 0.2) is 6.61 Å². The Balaban J connectivity index is 1.52. The molecule has 0 aliphatic carbocycles. The maximum Gasteiger partial charge on any atom is 0.262 e. The van der Waals surface area contributed by atoms with E-state index in [0.29, 0.717) is 29.3 Å². The zero-order valence-corrected chi connectivity index (χ0v) is 17.5. The zero-order valence-electron chi connectivity index (χ0n) is 17.5. The van der Waals surface area contributed by atoms with Crippen molar-refractivity contribution < 1.29 is 19.1 Å². The van der Waals surface area contributed by atoms with E-state index in [1.807, 2.05) is 18.2 Å². The van der Waals surface area contributed by atoms with Crippen LogP contribution in [-0.2, 0) is 4.79 Å². The molecule has 3 aromatic rings. The van der Waals surface area contributed by atoms with E-state index in [2.05, 4.69) is 17.6 Å². The molecule has 31 heavy (non-hydrogen) atoms. The Morgan fingerprint density at radius 2 is 1.45 bits per heavy atom. The summed E-state index contributed by atoms with van der Waals surface area (Å²) in [6.45, 7) is 2.67. The van der Waals surface area contributed by atoms with Crippen LogP contribution in [-0.4, -0.2) is 25.0 Å². The smallest absolute Gasteiger partial charge is 0.262 e. The van der Waals surface area contributed by atoms with Crippen molar-refractivity contribution >= 4 is 23.2 Å². The fourth-order valence-electron chi connectivity index (χ4n) is 2.78. The number of hydrogen-bond donors (Lipinski definition) is 2. The van der Waals surface area contributed by atoms with Crippen molar-refractivity contribution in [3.8, 4) is 11.5 Å². The SMILES string of the molecule is CCCCOc1ccc(C(=O)Nc2cccc(NC(=O)COc3ccccc3)c2)cc1. The molecule has 2 amide bonds. The Labute approximate surface area is 182 Å². The second kappa shape index (κ2) is 11.4. The molecule has 0 saturated carbocycles. The minimum atomic E-state index is -0.286. The first kappa shape index (κ1) is 21.9. The molecular weight excluding hydrogens is 392 g/mol. The normalized spacial score (nSPS) is 10.2. The van der Waals surface area contributed by atoms with Crippen LogP contribution >= 0.6 is 0 Å². The minimum Gasteiger partial charge on any atom is -0.494 e. The highest BCUT2D eigenvalue weighted by Crippen LogP contribution is 2.18. The van der Waals surface area contributed by atoms with Gasteiger partial charge in [-0.2, -0.15) is 0 Å². The number of amides is 2. The maximum absolute atomic E-state index is 12.5. The van der Waals surface area contributed by atoms with E-state index in [-0.39, 0.29) is 18.4 Å². The summed E-state index contributed by atoms with van der Waals surface area (Å²) in [6.07, 6.45) is 2.06. The van der Waals surface area contributed by atoms with E-state index in [1.165, 1.54) is 0 Å². The third kappa shape index (κ3) is 7.19. The highest BCUT2D eigenvalue weighted by molar-refractivity contribution is 6.04. The monoisotopic (exact) mass is 418 g/mol. The molecule has 160 valence electrons. The van der Waals surface area contributed by atoms with Gasteiger partial charge in [-0.15, -0.1) is 0 Å². The molecule has 0 saturated heterocycles. The van der Waals surface area contributed by atoms with E-state index in [1.54, 1.807) is 60.7 Å². The van der Waals surface area contributed by atoms with Crippen molar-refractivity contribution in [2.75, 3.05) is 23.8 Å². The number of carbonyl (C=O) groups is 2. The summed E-state index contributed by atoms with van der Waals surface area (Å²) in [4.78, 5) is 24.7. The first-order valence-corrected chi connectivity index (χ1v) is 10.3. The number of hydrogen-bond acceptors (Lipinski definition) is 4. The third-order valence-corrected chi connectivity index (χ3v) is 4.40. The second-order valence-electron chi connectivity index (χ2n) is 6.91. The van der Waals surface area contributed by atoms with Crippen molar-refractivity contribution in [2.45, 2.75) is 19.8 Å².